The van der Waals surface area contributed by atoms with Gasteiger partial charge in [0.25, 0.3) is 0 Å². The van der Waals surface area contributed by atoms with E-state index in [9.17, 15) is 9.36 Å². The summed E-state index contributed by atoms with van der Waals surface area (Å²) in [7, 11) is -4.63. The third kappa shape index (κ3) is 14.6. The van der Waals surface area contributed by atoms with E-state index in [1.54, 1.807) is 0 Å². The zero-order chi connectivity index (χ0) is 11.0. The molecular weight excluding hydrogens is 230 g/mol. The second kappa shape index (κ2) is 9.82. The van der Waals surface area contributed by atoms with Crippen LogP contribution in [0.5, 0.6) is 0 Å². The van der Waals surface area contributed by atoms with Crippen LogP contribution in [0.15, 0.2) is 0 Å². The molecule has 2 N–H and O–H groups in total. The Hall–Kier alpha value is 0.620. The minimum atomic E-state index is -4.63. The molecule has 0 aromatic rings. The van der Waals surface area contributed by atoms with Crippen molar-refractivity contribution < 1.29 is 23.7 Å². The Morgan fingerprint density at radius 1 is 1.20 bits per heavy atom. The van der Waals surface area contributed by atoms with Gasteiger partial charge in [-0.25, -0.2) is 4.57 Å². The first-order valence-corrected chi connectivity index (χ1v) is 6.26. The molecule has 0 aromatic heterocycles. The molecule has 0 saturated carbocycles. The Morgan fingerprint density at radius 3 is 2.20 bits per heavy atom. The van der Waals surface area contributed by atoms with Crippen molar-refractivity contribution >= 4 is 43.3 Å². The fourth-order valence-corrected chi connectivity index (χ4v) is 1.41. The van der Waals surface area contributed by atoms with Crippen molar-refractivity contribution in [1.29, 1.82) is 0 Å². The van der Waals surface area contributed by atoms with Crippen LogP contribution in [-0.2, 0) is 13.9 Å². The molecule has 0 aliphatic rings. The molecule has 0 amide bonds. The summed E-state index contributed by atoms with van der Waals surface area (Å²) in [6, 6.07) is 0. The molecule has 0 unspecified atom stereocenters. The van der Waals surface area contributed by atoms with Gasteiger partial charge in [0, 0.05) is 6.42 Å². The number of unbranched alkanes of at least 4 members (excludes halogenated alkanes) is 4. The predicted octanol–water partition coefficient (Wildman–Crippen LogP) is 1.33. The van der Waals surface area contributed by atoms with Crippen LogP contribution in [0.3, 0.4) is 0 Å². The molecule has 0 aliphatic heterocycles. The van der Waals surface area contributed by atoms with E-state index in [1.165, 1.54) is 0 Å². The van der Waals surface area contributed by atoms with Gasteiger partial charge in [-0.15, -0.1) is 0 Å². The van der Waals surface area contributed by atoms with Gasteiger partial charge >= 0.3 is 43.3 Å². The van der Waals surface area contributed by atoms with Crippen molar-refractivity contribution in [2.24, 2.45) is 0 Å². The second-order valence-corrected chi connectivity index (χ2v) is 4.28. The number of carbonyl (C=O) groups is 1. The van der Waals surface area contributed by atoms with Crippen molar-refractivity contribution in [2.45, 2.75) is 45.4 Å². The summed E-state index contributed by atoms with van der Waals surface area (Å²) in [6.45, 7) is 2.09. The van der Waals surface area contributed by atoms with E-state index < -0.39 is 13.8 Å². The van der Waals surface area contributed by atoms with Crippen molar-refractivity contribution in [3.8, 4) is 0 Å². The SMILES string of the molecule is CCCCCCCC(=O)OP(=O)(O)O.[NaH]. The van der Waals surface area contributed by atoms with Gasteiger partial charge in [0.2, 0.25) is 0 Å². The van der Waals surface area contributed by atoms with Gasteiger partial charge < -0.3 is 4.52 Å². The molecule has 0 rings (SSSR count). The fourth-order valence-electron chi connectivity index (χ4n) is 1.05. The van der Waals surface area contributed by atoms with Gasteiger partial charge in [-0.3, -0.25) is 14.6 Å². The van der Waals surface area contributed by atoms with Crippen LogP contribution < -0.4 is 0 Å². The Kier molecular flexibility index (Phi) is 11.8. The van der Waals surface area contributed by atoms with E-state index in [0.29, 0.717) is 6.42 Å². The Bertz CT molecular complexity index is 215. The van der Waals surface area contributed by atoms with Crippen LogP contribution >= 0.6 is 7.82 Å². The zero-order valence-corrected chi connectivity index (χ0v) is 9.20. The van der Waals surface area contributed by atoms with Crippen molar-refractivity contribution in [2.75, 3.05) is 0 Å². The first-order chi connectivity index (χ1) is 6.45. The Balaban J connectivity index is 0. The maximum absolute atomic E-state index is 10.8. The summed E-state index contributed by atoms with van der Waals surface area (Å²) in [5, 5.41) is 0. The van der Waals surface area contributed by atoms with Crippen LogP contribution in [0.4, 0.5) is 0 Å². The van der Waals surface area contributed by atoms with E-state index in [1.807, 2.05) is 0 Å². The first-order valence-electron chi connectivity index (χ1n) is 4.73. The number of phosphoric acid groups is 1. The molecule has 0 aliphatic carbocycles. The van der Waals surface area contributed by atoms with Gasteiger partial charge in [0.15, 0.2) is 0 Å². The van der Waals surface area contributed by atoms with Crippen molar-refractivity contribution in [3.05, 3.63) is 0 Å². The number of hydrogen-bond donors (Lipinski definition) is 2. The van der Waals surface area contributed by atoms with E-state index in [-0.39, 0.29) is 36.0 Å². The molecule has 0 radical (unpaired) electrons. The van der Waals surface area contributed by atoms with Gasteiger partial charge in [-0.1, -0.05) is 32.6 Å². The Morgan fingerprint density at radius 2 is 1.73 bits per heavy atom. The van der Waals surface area contributed by atoms with Crippen LogP contribution in [-0.4, -0.2) is 45.3 Å². The Labute approximate surface area is 112 Å². The third-order valence-electron chi connectivity index (χ3n) is 1.71. The molecule has 0 aromatic carbocycles. The average molecular weight is 248 g/mol. The standard InChI is InChI=1S/C8H17O5P.Na.H/c1-2-3-4-5-6-7-8(9)13-14(10,11)12;;/h2-7H2,1H3,(H2,10,11,12);;. The van der Waals surface area contributed by atoms with Gasteiger partial charge in [0.05, 0.1) is 0 Å². The summed E-state index contributed by atoms with van der Waals surface area (Å²) in [5.74, 6) is -0.824. The average Bonchev–Trinajstić information content (AvgIpc) is 2.00. The molecule has 0 bridgehead atoms. The van der Waals surface area contributed by atoms with Gasteiger partial charge in [-0.2, -0.15) is 0 Å². The van der Waals surface area contributed by atoms with Crippen LogP contribution in [0.1, 0.15) is 45.4 Å². The molecule has 15 heavy (non-hydrogen) atoms. The van der Waals surface area contributed by atoms with Crippen LogP contribution in [0.2, 0.25) is 0 Å². The summed E-state index contributed by atoms with van der Waals surface area (Å²) in [5.41, 5.74) is 0. The van der Waals surface area contributed by atoms with E-state index >= 15 is 0 Å². The summed E-state index contributed by atoms with van der Waals surface area (Å²) in [6.07, 6.45) is 4.87. The summed E-state index contributed by atoms with van der Waals surface area (Å²) < 4.78 is 14.1. The molecule has 7 heteroatoms. The molecule has 0 fully saturated rings. The number of carbonyl (C=O) groups excluding carboxylic acids is 1. The third-order valence-corrected chi connectivity index (χ3v) is 2.15. The quantitative estimate of drug-likeness (QED) is 0.403. The van der Waals surface area contributed by atoms with E-state index in [0.717, 1.165) is 25.7 Å². The topological polar surface area (TPSA) is 83.8 Å². The molecule has 0 spiro atoms. The normalized spacial score (nSPS) is 10.6. The monoisotopic (exact) mass is 248 g/mol. The second-order valence-electron chi connectivity index (χ2n) is 3.12. The van der Waals surface area contributed by atoms with Gasteiger partial charge in [0.1, 0.15) is 0 Å². The number of hydrogen-bond acceptors (Lipinski definition) is 3. The molecule has 5 nitrogen and oxygen atoms in total. The molecular formula is C8H18NaO5P. The zero-order valence-electron chi connectivity index (χ0n) is 8.31. The number of phosphoric ester groups is 1. The van der Waals surface area contributed by atoms with Crippen LogP contribution in [0.25, 0.3) is 0 Å². The predicted molar refractivity (Wildman–Crippen MR) is 58.7 cm³/mol. The maximum atomic E-state index is 10.8. The number of rotatable bonds is 7. The first kappa shape index (κ1) is 18.0. The minimum absolute atomic E-state index is 0. The van der Waals surface area contributed by atoms with Crippen LogP contribution in [0, 0.1) is 0 Å². The van der Waals surface area contributed by atoms with Crippen molar-refractivity contribution in [1.82, 2.24) is 0 Å². The summed E-state index contributed by atoms with van der Waals surface area (Å²) >= 11 is 0. The molecule has 0 saturated heterocycles. The molecule has 0 atom stereocenters. The summed E-state index contributed by atoms with van der Waals surface area (Å²) in [4.78, 5) is 27.4. The van der Waals surface area contributed by atoms with E-state index in [4.69, 9.17) is 9.79 Å². The van der Waals surface area contributed by atoms with Crippen molar-refractivity contribution in [3.63, 3.8) is 0 Å². The van der Waals surface area contributed by atoms with E-state index in [2.05, 4.69) is 11.4 Å². The van der Waals surface area contributed by atoms with Gasteiger partial charge in [-0.05, 0) is 6.42 Å². The fraction of sp³-hybridized carbons (Fsp3) is 0.875. The molecule has 86 valence electrons. The molecule has 0 heterocycles.